The molecular formula is C25H27N9O. The van der Waals surface area contributed by atoms with Crippen molar-refractivity contribution < 1.29 is 4.42 Å². The Kier molecular flexibility index (Phi) is 6.01. The van der Waals surface area contributed by atoms with Gasteiger partial charge in [-0.05, 0) is 53.3 Å². The minimum absolute atomic E-state index is 0.0997. The van der Waals surface area contributed by atoms with Crippen molar-refractivity contribution >= 4 is 23.1 Å². The molecule has 178 valence electrons. The Hall–Kier alpha value is -4.47. The number of guanidine groups is 2. The molecule has 35 heavy (non-hydrogen) atoms. The van der Waals surface area contributed by atoms with Gasteiger partial charge in [-0.1, -0.05) is 30.4 Å². The van der Waals surface area contributed by atoms with Crippen LogP contribution in [0, 0.1) is 10.8 Å². The van der Waals surface area contributed by atoms with Crippen molar-refractivity contribution in [1.29, 1.82) is 10.8 Å². The number of pyridine rings is 1. The zero-order valence-electron chi connectivity index (χ0n) is 19.2. The van der Waals surface area contributed by atoms with E-state index in [0.29, 0.717) is 30.6 Å². The normalized spacial score (nSPS) is 16.0. The minimum Gasteiger partial charge on any atom is -0.415 e. The lowest BCUT2D eigenvalue weighted by Gasteiger charge is -2.26. The molecule has 10 nitrogen and oxygen atoms in total. The average Bonchev–Trinajstić information content (AvgIpc) is 3.39. The number of nitrogens with zero attached hydrogens (tertiary/aromatic N) is 5. The van der Waals surface area contributed by atoms with Crippen LogP contribution < -0.4 is 11.5 Å². The molecule has 2 aliphatic heterocycles. The third kappa shape index (κ3) is 4.77. The van der Waals surface area contributed by atoms with Crippen LogP contribution in [0.15, 0.2) is 59.2 Å². The number of nitrogens with one attached hydrogen (secondary N) is 2. The maximum absolute atomic E-state index is 7.56. The zero-order chi connectivity index (χ0) is 24.4. The largest absolute Gasteiger partial charge is 0.415 e. The molecule has 0 amide bonds. The summed E-state index contributed by atoms with van der Waals surface area (Å²) in [5, 5.41) is 23.5. The van der Waals surface area contributed by atoms with E-state index in [1.807, 2.05) is 52.4 Å². The molecule has 0 spiro atoms. The third-order valence-corrected chi connectivity index (χ3v) is 6.38. The molecule has 0 saturated heterocycles. The van der Waals surface area contributed by atoms with Crippen LogP contribution in [0.25, 0.3) is 34.2 Å². The van der Waals surface area contributed by atoms with E-state index in [0.717, 1.165) is 42.6 Å². The molecule has 6 N–H and O–H groups in total. The molecule has 3 aromatic rings. The summed E-state index contributed by atoms with van der Waals surface area (Å²) in [5.41, 5.74) is 17.2. The van der Waals surface area contributed by atoms with Gasteiger partial charge in [-0.15, -0.1) is 10.2 Å². The van der Waals surface area contributed by atoms with E-state index in [9.17, 15) is 0 Å². The molecule has 2 aromatic heterocycles. The highest BCUT2D eigenvalue weighted by Crippen LogP contribution is 2.28. The maximum atomic E-state index is 7.56. The fraction of sp³-hybridized carbons (Fsp3) is 0.240. The summed E-state index contributed by atoms with van der Waals surface area (Å²) in [6.07, 6.45) is 7.67. The van der Waals surface area contributed by atoms with Crippen molar-refractivity contribution in [1.82, 2.24) is 25.0 Å². The molecular weight excluding hydrogens is 442 g/mol. The van der Waals surface area contributed by atoms with Crippen molar-refractivity contribution in [3.8, 4) is 23.0 Å². The van der Waals surface area contributed by atoms with Crippen LogP contribution in [0.3, 0.4) is 0 Å². The van der Waals surface area contributed by atoms with Crippen LogP contribution in [0.2, 0.25) is 0 Å². The van der Waals surface area contributed by atoms with Crippen LogP contribution in [-0.4, -0.2) is 63.1 Å². The first-order valence-electron chi connectivity index (χ1n) is 11.4. The van der Waals surface area contributed by atoms with Crippen molar-refractivity contribution in [3.63, 3.8) is 0 Å². The van der Waals surface area contributed by atoms with Gasteiger partial charge in [0.25, 0.3) is 5.89 Å². The van der Waals surface area contributed by atoms with Gasteiger partial charge >= 0.3 is 0 Å². The fourth-order valence-corrected chi connectivity index (χ4v) is 4.28. The van der Waals surface area contributed by atoms with Crippen molar-refractivity contribution in [3.05, 3.63) is 65.9 Å². The molecule has 0 aliphatic carbocycles. The lowest BCUT2D eigenvalue weighted by molar-refractivity contribution is 0.451. The number of aromatic nitrogens is 3. The van der Waals surface area contributed by atoms with E-state index >= 15 is 0 Å². The monoisotopic (exact) mass is 469 g/mol. The molecule has 1 aromatic carbocycles. The number of rotatable bonds is 4. The first-order valence-corrected chi connectivity index (χ1v) is 11.4. The van der Waals surface area contributed by atoms with Gasteiger partial charge in [0.05, 0.1) is 0 Å². The molecule has 5 rings (SSSR count). The number of nitrogens with two attached hydrogens (primary N) is 2. The van der Waals surface area contributed by atoms with Gasteiger partial charge in [-0.25, -0.2) is 0 Å². The quantitative estimate of drug-likeness (QED) is 0.335. The lowest BCUT2D eigenvalue weighted by atomic mass is 9.98. The summed E-state index contributed by atoms with van der Waals surface area (Å²) < 4.78 is 5.91. The van der Waals surface area contributed by atoms with Gasteiger partial charge in [0, 0.05) is 37.9 Å². The van der Waals surface area contributed by atoms with E-state index in [1.54, 1.807) is 0 Å². The second-order valence-corrected chi connectivity index (χ2v) is 8.54. The summed E-state index contributed by atoms with van der Waals surface area (Å²) in [4.78, 5) is 8.19. The highest BCUT2D eigenvalue weighted by molar-refractivity contribution is 5.78. The number of hydrogen-bond acceptors (Lipinski definition) is 6. The molecule has 10 heteroatoms. The molecule has 0 radical (unpaired) electrons. The topological polar surface area (TPSA) is 158 Å². The Balaban J connectivity index is 1.26. The first-order chi connectivity index (χ1) is 17.0. The van der Waals surface area contributed by atoms with Gasteiger partial charge in [-0.2, -0.15) is 0 Å². The zero-order valence-corrected chi connectivity index (χ0v) is 19.2. The summed E-state index contributed by atoms with van der Waals surface area (Å²) in [6, 6.07) is 11.9. The standard InChI is InChI=1S/C25H27N9O/c26-24(27)33-11-7-17(8-12-33)16-1-3-19(4-2-16)22-31-32-23(35-22)21-6-5-20(15-30-21)18-9-13-34(14-10-18)25(28)29/h1-7,9,15H,8,10-14H2,(H3,26,27)(H3,28,29). The van der Waals surface area contributed by atoms with E-state index < -0.39 is 0 Å². The van der Waals surface area contributed by atoms with Gasteiger partial charge in [0.2, 0.25) is 5.89 Å². The Morgan fingerprint density at radius 3 is 1.80 bits per heavy atom. The van der Waals surface area contributed by atoms with E-state index in [1.165, 1.54) is 11.1 Å². The predicted molar refractivity (Wildman–Crippen MR) is 135 cm³/mol. The van der Waals surface area contributed by atoms with Crippen LogP contribution in [0.5, 0.6) is 0 Å². The Morgan fingerprint density at radius 1 is 0.743 bits per heavy atom. The molecule has 0 fully saturated rings. The second kappa shape index (κ2) is 9.41. The molecule has 2 aliphatic rings. The third-order valence-electron chi connectivity index (χ3n) is 6.38. The molecule has 0 atom stereocenters. The molecule has 0 bridgehead atoms. The highest BCUT2D eigenvalue weighted by atomic mass is 16.4. The van der Waals surface area contributed by atoms with Crippen LogP contribution in [0.4, 0.5) is 0 Å². The SMILES string of the molecule is N=C(N)N1CC=C(c2ccc(-c3nnc(-c4ccc(C5=CCN(C(=N)N)CC5)cn4)o3)cc2)CC1. The van der Waals surface area contributed by atoms with Gasteiger partial charge in [-0.3, -0.25) is 15.8 Å². The van der Waals surface area contributed by atoms with Crippen molar-refractivity contribution in [2.24, 2.45) is 11.5 Å². The van der Waals surface area contributed by atoms with Crippen LogP contribution in [-0.2, 0) is 0 Å². The molecule has 0 saturated carbocycles. The number of hydrogen-bond donors (Lipinski definition) is 4. The highest BCUT2D eigenvalue weighted by Gasteiger charge is 2.17. The van der Waals surface area contributed by atoms with Crippen molar-refractivity contribution in [2.75, 3.05) is 26.2 Å². The Morgan fingerprint density at radius 2 is 1.29 bits per heavy atom. The molecule has 4 heterocycles. The summed E-state index contributed by atoms with van der Waals surface area (Å²) in [6.45, 7) is 2.75. The fourth-order valence-electron chi connectivity index (χ4n) is 4.28. The summed E-state index contributed by atoms with van der Waals surface area (Å²) >= 11 is 0. The lowest BCUT2D eigenvalue weighted by Crippen LogP contribution is -2.39. The maximum Gasteiger partial charge on any atom is 0.266 e. The van der Waals surface area contributed by atoms with E-state index in [-0.39, 0.29) is 11.9 Å². The van der Waals surface area contributed by atoms with Crippen LogP contribution >= 0.6 is 0 Å². The van der Waals surface area contributed by atoms with E-state index in [4.69, 9.17) is 26.7 Å². The van der Waals surface area contributed by atoms with Crippen LogP contribution in [0.1, 0.15) is 24.0 Å². The average molecular weight is 470 g/mol. The summed E-state index contributed by atoms with van der Waals surface area (Å²) in [7, 11) is 0. The van der Waals surface area contributed by atoms with Gasteiger partial charge in [0.15, 0.2) is 11.9 Å². The minimum atomic E-state index is 0.0997. The Bertz CT molecular complexity index is 1210. The van der Waals surface area contributed by atoms with Gasteiger partial charge in [0.1, 0.15) is 5.69 Å². The first kappa shape index (κ1) is 22.3. The predicted octanol–water partition coefficient (Wildman–Crippen LogP) is 2.76. The second-order valence-electron chi connectivity index (χ2n) is 8.54. The van der Waals surface area contributed by atoms with Gasteiger partial charge < -0.3 is 25.7 Å². The summed E-state index contributed by atoms with van der Waals surface area (Å²) in [5.74, 6) is 1.02. The van der Waals surface area contributed by atoms with Crippen molar-refractivity contribution in [2.45, 2.75) is 12.8 Å². The Labute approximate surface area is 203 Å². The smallest absolute Gasteiger partial charge is 0.266 e. The number of benzene rings is 1. The molecule has 0 unspecified atom stereocenters. The van der Waals surface area contributed by atoms with E-state index in [2.05, 4.69) is 27.3 Å².